The van der Waals surface area contributed by atoms with Crippen LogP contribution in [0.1, 0.15) is 5.56 Å². The quantitative estimate of drug-likeness (QED) is 0.226. The van der Waals surface area contributed by atoms with E-state index in [1.807, 2.05) is 91.3 Å². The fraction of sp³-hybridized carbons (Fsp3) is 0.0357. The summed E-state index contributed by atoms with van der Waals surface area (Å²) in [6.07, 6.45) is 7.33. The van der Waals surface area contributed by atoms with Crippen LogP contribution in [0.25, 0.3) is 33.6 Å². The van der Waals surface area contributed by atoms with Gasteiger partial charge in [0.25, 0.3) is 0 Å². The molecule has 0 unspecified atom stereocenters. The summed E-state index contributed by atoms with van der Waals surface area (Å²) in [5.74, 6) is 0. The van der Waals surface area contributed by atoms with E-state index in [0.717, 1.165) is 33.6 Å². The minimum Gasteiger partial charge on any atom is -0.305 e. The molecule has 0 atom stereocenters. The molecule has 5 rings (SSSR count). The first kappa shape index (κ1) is 23.2. The molecule has 4 heteroatoms. The van der Waals surface area contributed by atoms with Gasteiger partial charge in [-0.15, -0.1) is 71.8 Å². The van der Waals surface area contributed by atoms with Crippen LogP contribution in [0.15, 0.2) is 110 Å². The molecule has 0 aliphatic carbocycles. The Kier molecular flexibility index (Phi) is 8.56. The Labute approximate surface area is 202 Å². The summed E-state index contributed by atoms with van der Waals surface area (Å²) in [7, 11) is 0. The molecule has 0 spiro atoms. The molecular formula is C28H21IrN3-2. The van der Waals surface area contributed by atoms with Crippen LogP contribution in [0.4, 0.5) is 0 Å². The zero-order valence-electron chi connectivity index (χ0n) is 17.6. The Morgan fingerprint density at radius 2 is 1.38 bits per heavy atom. The van der Waals surface area contributed by atoms with E-state index in [4.69, 9.17) is 0 Å². The summed E-state index contributed by atoms with van der Waals surface area (Å²) in [5, 5.41) is 0. The van der Waals surface area contributed by atoms with Gasteiger partial charge in [0, 0.05) is 56.0 Å². The Bertz CT molecular complexity index is 1180. The van der Waals surface area contributed by atoms with Gasteiger partial charge in [0.15, 0.2) is 0 Å². The van der Waals surface area contributed by atoms with Gasteiger partial charge in [0.2, 0.25) is 0 Å². The van der Waals surface area contributed by atoms with E-state index in [-0.39, 0.29) is 20.1 Å². The van der Waals surface area contributed by atoms with E-state index < -0.39 is 0 Å². The predicted octanol–water partition coefficient (Wildman–Crippen LogP) is 6.47. The first-order valence-corrected chi connectivity index (χ1v) is 10.0. The summed E-state index contributed by atoms with van der Waals surface area (Å²) in [6.45, 7) is 2.09. The van der Waals surface area contributed by atoms with E-state index in [2.05, 4.69) is 40.1 Å². The SMILES string of the molecule is Cc1cc(-c2[c-]cccc2)ncc1-c1cccnc1.[Ir].[c-]1ccccc1-c1ccccn1. The average Bonchev–Trinajstić information content (AvgIpc) is 2.86. The smallest absolute Gasteiger partial charge is 0.0346 e. The molecule has 0 aliphatic rings. The summed E-state index contributed by atoms with van der Waals surface area (Å²) in [6, 6.07) is 34.0. The molecule has 3 aromatic heterocycles. The van der Waals surface area contributed by atoms with E-state index in [9.17, 15) is 0 Å². The van der Waals surface area contributed by atoms with Crippen molar-refractivity contribution in [2.24, 2.45) is 0 Å². The zero-order chi connectivity index (χ0) is 21.3. The molecule has 3 heterocycles. The maximum Gasteiger partial charge on any atom is 0.0346 e. The maximum absolute atomic E-state index is 4.53. The summed E-state index contributed by atoms with van der Waals surface area (Å²) >= 11 is 0. The maximum atomic E-state index is 4.53. The number of rotatable bonds is 3. The van der Waals surface area contributed by atoms with Gasteiger partial charge < -0.3 is 9.97 Å². The van der Waals surface area contributed by atoms with Crippen LogP contribution in [0.2, 0.25) is 0 Å². The van der Waals surface area contributed by atoms with Crippen molar-refractivity contribution in [3.05, 3.63) is 127 Å². The molecule has 159 valence electrons. The fourth-order valence-corrected chi connectivity index (χ4v) is 3.15. The van der Waals surface area contributed by atoms with Crippen LogP contribution in [0, 0.1) is 19.1 Å². The average molecular weight is 592 g/mol. The first-order chi connectivity index (χ1) is 15.3. The van der Waals surface area contributed by atoms with E-state index in [0.29, 0.717) is 0 Å². The van der Waals surface area contributed by atoms with Crippen LogP contribution in [-0.2, 0) is 20.1 Å². The van der Waals surface area contributed by atoms with Gasteiger partial charge in [-0.2, -0.15) is 0 Å². The number of aryl methyl sites for hydroxylation is 1. The van der Waals surface area contributed by atoms with Crippen molar-refractivity contribution in [2.75, 3.05) is 0 Å². The summed E-state index contributed by atoms with van der Waals surface area (Å²) in [5.41, 5.74) is 7.38. The number of aromatic nitrogens is 3. The molecule has 0 aliphatic heterocycles. The van der Waals surface area contributed by atoms with E-state index in [1.165, 1.54) is 5.56 Å². The number of nitrogens with zero attached hydrogens (tertiary/aromatic N) is 3. The Balaban J connectivity index is 0.000000193. The number of hydrogen-bond donors (Lipinski definition) is 0. The molecule has 0 fully saturated rings. The largest absolute Gasteiger partial charge is 0.305 e. The van der Waals surface area contributed by atoms with Crippen molar-refractivity contribution >= 4 is 0 Å². The topological polar surface area (TPSA) is 38.7 Å². The van der Waals surface area contributed by atoms with Crippen molar-refractivity contribution < 1.29 is 20.1 Å². The molecule has 32 heavy (non-hydrogen) atoms. The fourth-order valence-electron chi connectivity index (χ4n) is 3.15. The molecule has 3 nitrogen and oxygen atoms in total. The Morgan fingerprint density at radius 3 is 1.94 bits per heavy atom. The van der Waals surface area contributed by atoms with Gasteiger partial charge in [-0.25, -0.2) is 0 Å². The molecule has 1 radical (unpaired) electrons. The van der Waals surface area contributed by atoms with Gasteiger partial charge >= 0.3 is 0 Å². The number of pyridine rings is 3. The van der Waals surface area contributed by atoms with Gasteiger partial charge in [0.1, 0.15) is 0 Å². The minimum absolute atomic E-state index is 0. The number of benzene rings is 2. The first-order valence-electron chi connectivity index (χ1n) is 10.0. The predicted molar refractivity (Wildman–Crippen MR) is 125 cm³/mol. The molecule has 0 saturated heterocycles. The van der Waals surface area contributed by atoms with Crippen molar-refractivity contribution in [3.8, 4) is 33.6 Å². The standard InChI is InChI=1S/C17H13N2.C11H8N.Ir/c1-13-10-17(14-6-3-2-4-7-14)19-12-16(13)15-8-5-9-18-11-15;1-2-6-10(7-3-1)11-8-4-5-9-12-11;/h2-6,8-12H,1H3;1-6,8-9H;/q2*-1;. The zero-order valence-corrected chi connectivity index (χ0v) is 20.0. The van der Waals surface area contributed by atoms with Gasteiger partial charge in [-0.05, 0) is 36.0 Å². The normalized spacial score (nSPS) is 9.78. The summed E-state index contributed by atoms with van der Waals surface area (Å²) < 4.78 is 0. The minimum atomic E-state index is 0. The molecule has 5 aromatic rings. The monoisotopic (exact) mass is 592 g/mol. The van der Waals surface area contributed by atoms with Crippen molar-refractivity contribution in [1.82, 2.24) is 15.0 Å². The van der Waals surface area contributed by atoms with E-state index >= 15 is 0 Å². The molecule has 2 aromatic carbocycles. The molecule has 0 N–H and O–H groups in total. The summed E-state index contributed by atoms with van der Waals surface area (Å²) in [4.78, 5) is 12.9. The molecule has 0 bridgehead atoms. The van der Waals surface area contributed by atoms with Crippen molar-refractivity contribution in [3.63, 3.8) is 0 Å². The second kappa shape index (κ2) is 11.8. The Hall–Kier alpha value is -3.46. The van der Waals surface area contributed by atoms with Crippen LogP contribution < -0.4 is 0 Å². The van der Waals surface area contributed by atoms with Crippen molar-refractivity contribution in [2.45, 2.75) is 6.92 Å². The second-order valence-electron chi connectivity index (χ2n) is 6.89. The second-order valence-corrected chi connectivity index (χ2v) is 6.89. The van der Waals surface area contributed by atoms with Crippen molar-refractivity contribution in [1.29, 1.82) is 0 Å². The van der Waals surface area contributed by atoms with Crippen LogP contribution in [0.5, 0.6) is 0 Å². The van der Waals surface area contributed by atoms with Crippen LogP contribution >= 0.6 is 0 Å². The third-order valence-electron chi connectivity index (χ3n) is 4.72. The van der Waals surface area contributed by atoms with Gasteiger partial charge in [0.05, 0.1) is 0 Å². The number of hydrogen-bond acceptors (Lipinski definition) is 3. The third-order valence-corrected chi connectivity index (χ3v) is 4.72. The van der Waals surface area contributed by atoms with Gasteiger partial charge in [-0.3, -0.25) is 4.98 Å². The van der Waals surface area contributed by atoms with Crippen LogP contribution in [0.3, 0.4) is 0 Å². The van der Waals surface area contributed by atoms with Crippen LogP contribution in [-0.4, -0.2) is 15.0 Å². The van der Waals surface area contributed by atoms with Gasteiger partial charge in [-0.1, -0.05) is 24.3 Å². The molecule has 0 amide bonds. The Morgan fingerprint density at radius 1 is 0.656 bits per heavy atom. The molecular weight excluding hydrogens is 571 g/mol. The third kappa shape index (κ3) is 6.04. The van der Waals surface area contributed by atoms with E-state index in [1.54, 1.807) is 12.4 Å². The molecule has 0 saturated carbocycles.